The van der Waals surface area contributed by atoms with E-state index in [1.165, 1.54) is 24.4 Å². The van der Waals surface area contributed by atoms with E-state index in [1.807, 2.05) is 6.92 Å². The summed E-state index contributed by atoms with van der Waals surface area (Å²) in [4.78, 5) is 0. The van der Waals surface area contributed by atoms with Gasteiger partial charge in [0.25, 0.3) is 0 Å². The quantitative estimate of drug-likeness (QED) is 0.915. The van der Waals surface area contributed by atoms with Crippen LogP contribution in [0.2, 0.25) is 5.02 Å². The largest absolute Gasteiger partial charge is 0.382 e. The van der Waals surface area contributed by atoms with Crippen molar-refractivity contribution in [2.45, 2.75) is 19.6 Å². The van der Waals surface area contributed by atoms with Gasteiger partial charge in [0.2, 0.25) is 0 Å². The monoisotopic (exact) mass is 255 g/mol. The van der Waals surface area contributed by atoms with Crippen molar-refractivity contribution in [2.75, 3.05) is 0 Å². The Morgan fingerprint density at radius 2 is 2.29 bits per heavy atom. The number of aliphatic hydroxyl groups excluding tert-OH is 1. The number of benzene rings is 1. The summed E-state index contributed by atoms with van der Waals surface area (Å²) in [5.41, 5.74) is 1.06. The van der Waals surface area contributed by atoms with E-state index in [2.05, 4.69) is 10.3 Å². The zero-order valence-electron chi connectivity index (χ0n) is 9.14. The molecule has 0 spiro atoms. The molecule has 0 aliphatic carbocycles. The van der Waals surface area contributed by atoms with Crippen LogP contribution in [0, 0.1) is 5.82 Å². The van der Waals surface area contributed by atoms with E-state index in [1.54, 1.807) is 4.68 Å². The van der Waals surface area contributed by atoms with Crippen LogP contribution in [0.3, 0.4) is 0 Å². The summed E-state index contributed by atoms with van der Waals surface area (Å²) >= 11 is 5.67. The molecule has 0 saturated carbocycles. The van der Waals surface area contributed by atoms with Crippen molar-refractivity contribution in [3.8, 4) is 0 Å². The van der Waals surface area contributed by atoms with Gasteiger partial charge in [-0.1, -0.05) is 22.9 Å². The van der Waals surface area contributed by atoms with Gasteiger partial charge in [0, 0.05) is 6.54 Å². The molecule has 0 fully saturated rings. The number of rotatable bonds is 3. The van der Waals surface area contributed by atoms with Gasteiger partial charge in [0.1, 0.15) is 11.9 Å². The third kappa shape index (κ3) is 2.30. The molecule has 1 heterocycles. The minimum absolute atomic E-state index is 0.0166. The fourth-order valence-corrected chi connectivity index (χ4v) is 1.77. The van der Waals surface area contributed by atoms with Crippen LogP contribution in [0.5, 0.6) is 0 Å². The molecule has 1 N–H and O–H groups in total. The molecule has 4 nitrogen and oxygen atoms in total. The third-order valence-electron chi connectivity index (χ3n) is 2.49. The molecular weight excluding hydrogens is 245 g/mol. The summed E-state index contributed by atoms with van der Waals surface area (Å²) < 4.78 is 14.6. The van der Waals surface area contributed by atoms with Crippen LogP contribution in [0.4, 0.5) is 4.39 Å². The number of aliphatic hydroxyl groups is 1. The van der Waals surface area contributed by atoms with Gasteiger partial charge >= 0.3 is 0 Å². The first kappa shape index (κ1) is 12.0. The summed E-state index contributed by atoms with van der Waals surface area (Å²) in [5, 5.41) is 17.7. The second kappa shape index (κ2) is 4.81. The Bertz CT molecular complexity index is 529. The first-order valence-corrected chi connectivity index (χ1v) is 5.52. The molecule has 90 valence electrons. The van der Waals surface area contributed by atoms with Crippen molar-refractivity contribution in [2.24, 2.45) is 0 Å². The van der Waals surface area contributed by atoms with Crippen LogP contribution in [-0.4, -0.2) is 20.1 Å². The number of nitrogens with zero attached hydrogens (tertiary/aromatic N) is 3. The Hall–Kier alpha value is -1.46. The average Bonchev–Trinajstić information content (AvgIpc) is 2.80. The Morgan fingerprint density at radius 3 is 2.94 bits per heavy atom. The first-order chi connectivity index (χ1) is 8.13. The molecule has 6 heteroatoms. The van der Waals surface area contributed by atoms with Gasteiger partial charge < -0.3 is 5.11 Å². The topological polar surface area (TPSA) is 50.9 Å². The van der Waals surface area contributed by atoms with Crippen molar-refractivity contribution in [1.82, 2.24) is 15.0 Å². The zero-order chi connectivity index (χ0) is 12.4. The molecule has 2 aromatic rings. The summed E-state index contributed by atoms with van der Waals surface area (Å²) in [7, 11) is 0. The van der Waals surface area contributed by atoms with E-state index in [0.717, 1.165) is 0 Å². The van der Waals surface area contributed by atoms with Crippen LogP contribution in [0.1, 0.15) is 24.3 Å². The third-order valence-corrected chi connectivity index (χ3v) is 2.78. The highest BCUT2D eigenvalue weighted by Crippen LogP contribution is 2.25. The van der Waals surface area contributed by atoms with E-state index in [-0.39, 0.29) is 5.02 Å². The molecule has 1 aromatic carbocycles. The number of hydrogen-bond acceptors (Lipinski definition) is 3. The van der Waals surface area contributed by atoms with Crippen LogP contribution in [0.25, 0.3) is 0 Å². The van der Waals surface area contributed by atoms with E-state index in [9.17, 15) is 9.50 Å². The van der Waals surface area contributed by atoms with Crippen molar-refractivity contribution < 1.29 is 9.50 Å². The smallest absolute Gasteiger partial charge is 0.141 e. The second-order valence-corrected chi connectivity index (χ2v) is 3.96. The highest BCUT2D eigenvalue weighted by atomic mass is 35.5. The highest BCUT2D eigenvalue weighted by Gasteiger charge is 2.16. The van der Waals surface area contributed by atoms with Crippen molar-refractivity contribution in [3.05, 3.63) is 46.5 Å². The van der Waals surface area contributed by atoms with E-state index in [4.69, 9.17) is 11.6 Å². The number of aryl methyl sites for hydroxylation is 1. The lowest BCUT2D eigenvalue weighted by Gasteiger charge is -2.12. The minimum Gasteiger partial charge on any atom is -0.382 e. The predicted octanol–water partition coefficient (Wildman–Crippen LogP) is 2.17. The van der Waals surface area contributed by atoms with Crippen molar-refractivity contribution in [1.29, 1.82) is 0 Å². The van der Waals surface area contributed by atoms with Crippen molar-refractivity contribution in [3.63, 3.8) is 0 Å². The van der Waals surface area contributed by atoms with Gasteiger partial charge in [0.05, 0.1) is 16.9 Å². The molecule has 2 rings (SSSR count). The van der Waals surface area contributed by atoms with Gasteiger partial charge in [-0.05, 0) is 24.6 Å². The second-order valence-electron chi connectivity index (χ2n) is 3.55. The minimum atomic E-state index is -0.914. The van der Waals surface area contributed by atoms with Gasteiger partial charge in [-0.2, -0.15) is 0 Å². The van der Waals surface area contributed by atoms with Gasteiger partial charge in [0.15, 0.2) is 0 Å². The molecule has 0 radical (unpaired) electrons. The number of aromatic nitrogens is 3. The molecule has 0 amide bonds. The van der Waals surface area contributed by atoms with Gasteiger partial charge in [-0.3, -0.25) is 0 Å². The van der Waals surface area contributed by atoms with Crippen LogP contribution >= 0.6 is 11.6 Å². The Labute approximate surface area is 103 Å². The van der Waals surface area contributed by atoms with Crippen LogP contribution in [0.15, 0.2) is 24.4 Å². The van der Waals surface area contributed by atoms with Crippen LogP contribution < -0.4 is 0 Å². The van der Waals surface area contributed by atoms with Gasteiger partial charge in [-0.15, -0.1) is 5.10 Å². The normalized spacial score (nSPS) is 12.7. The molecule has 1 unspecified atom stereocenters. The molecule has 1 atom stereocenters. The lowest BCUT2D eigenvalue weighted by Crippen LogP contribution is -2.09. The van der Waals surface area contributed by atoms with Gasteiger partial charge in [-0.25, -0.2) is 9.07 Å². The fraction of sp³-hybridized carbons (Fsp3) is 0.273. The molecular formula is C11H11ClFN3O. The predicted molar refractivity (Wildman–Crippen MR) is 61.2 cm³/mol. The maximum atomic E-state index is 13.0. The summed E-state index contributed by atoms with van der Waals surface area (Å²) in [6.45, 7) is 2.49. The Balaban J connectivity index is 2.36. The summed E-state index contributed by atoms with van der Waals surface area (Å²) in [6, 6.07) is 4.11. The molecule has 1 aromatic heterocycles. The maximum absolute atomic E-state index is 13.0. The highest BCUT2D eigenvalue weighted by molar-refractivity contribution is 6.30. The average molecular weight is 256 g/mol. The maximum Gasteiger partial charge on any atom is 0.141 e. The molecule has 0 aliphatic heterocycles. The van der Waals surface area contributed by atoms with Crippen molar-refractivity contribution >= 4 is 11.6 Å². The van der Waals surface area contributed by atoms with Crippen LogP contribution in [-0.2, 0) is 6.54 Å². The standard InChI is InChI=1S/C11H11ClFN3O/c1-2-16-10(6-14-15-16)11(17)7-3-4-9(13)8(12)5-7/h3-6,11,17H,2H2,1H3. The van der Waals surface area contributed by atoms with E-state index < -0.39 is 11.9 Å². The molecule has 0 saturated heterocycles. The SMILES string of the molecule is CCn1nncc1C(O)c1ccc(F)c(Cl)c1. The van der Waals surface area contributed by atoms with E-state index in [0.29, 0.717) is 17.8 Å². The lowest BCUT2D eigenvalue weighted by molar-refractivity contribution is 0.208. The molecule has 0 bridgehead atoms. The fourth-order valence-electron chi connectivity index (χ4n) is 1.58. The number of hydrogen-bond donors (Lipinski definition) is 1. The molecule has 17 heavy (non-hydrogen) atoms. The first-order valence-electron chi connectivity index (χ1n) is 5.15. The zero-order valence-corrected chi connectivity index (χ0v) is 9.89. The lowest BCUT2D eigenvalue weighted by atomic mass is 10.1. The summed E-state index contributed by atoms with van der Waals surface area (Å²) in [5.74, 6) is -0.509. The summed E-state index contributed by atoms with van der Waals surface area (Å²) in [6.07, 6.45) is 0.564. The Kier molecular flexibility index (Phi) is 3.40. The Morgan fingerprint density at radius 1 is 1.53 bits per heavy atom. The molecule has 0 aliphatic rings. The van der Waals surface area contributed by atoms with E-state index >= 15 is 0 Å². The number of halogens is 2.